The highest BCUT2D eigenvalue weighted by Crippen LogP contribution is 2.71. The van der Waals surface area contributed by atoms with Gasteiger partial charge in [0.15, 0.2) is 11.2 Å². The molecule has 106 valence electrons. The monoisotopic (exact) mass is 270 g/mol. The molecule has 3 rings (SSSR count). The topological polar surface area (TPSA) is 71.1 Å². The average Bonchev–Trinajstić information content (AvgIpc) is 2.50. The van der Waals surface area contributed by atoms with Crippen LogP contribution < -0.4 is 0 Å². The van der Waals surface area contributed by atoms with Gasteiger partial charge in [-0.25, -0.2) is 0 Å². The summed E-state index contributed by atoms with van der Waals surface area (Å²) in [5.74, 6) is -2.68. The fraction of sp³-hybridized carbons (Fsp3) is 0.846. The zero-order chi connectivity index (χ0) is 14.1. The van der Waals surface area contributed by atoms with E-state index in [9.17, 15) is 9.59 Å². The quantitative estimate of drug-likeness (QED) is 0.680. The molecular weight excluding hydrogens is 252 g/mol. The van der Waals surface area contributed by atoms with E-state index in [-0.39, 0.29) is 18.3 Å². The summed E-state index contributed by atoms with van der Waals surface area (Å²) < 4.78 is 21.8. The molecule has 0 unspecified atom stereocenters. The molecule has 0 spiro atoms. The Balaban J connectivity index is 2.18. The highest BCUT2D eigenvalue weighted by molar-refractivity contribution is 5.94. The van der Waals surface area contributed by atoms with Crippen molar-refractivity contribution in [2.24, 2.45) is 17.3 Å². The van der Waals surface area contributed by atoms with Crippen molar-refractivity contribution in [1.82, 2.24) is 0 Å². The minimum absolute atomic E-state index is 0.0874. The van der Waals surface area contributed by atoms with Gasteiger partial charge in [0.2, 0.25) is 0 Å². The molecule has 0 aromatic carbocycles. The van der Waals surface area contributed by atoms with Gasteiger partial charge in [-0.1, -0.05) is 0 Å². The normalized spacial score (nSPS) is 46.4. The molecule has 0 radical (unpaired) electrons. The maximum Gasteiger partial charge on any atom is 0.321 e. The second kappa shape index (κ2) is 3.56. The van der Waals surface area contributed by atoms with E-state index in [4.69, 9.17) is 18.9 Å². The van der Waals surface area contributed by atoms with Gasteiger partial charge >= 0.3 is 11.9 Å². The highest BCUT2D eigenvalue weighted by Gasteiger charge is 2.85. The van der Waals surface area contributed by atoms with Crippen molar-refractivity contribution in [3.8, 4) is 0 Å². The summed E-state index contributed by atoms with van der Waals surface area (Å²) >= 11 is 0. The molecule has 2 aliphatic heterocycles. The Kier molecular flexibility index (Phi) is 2.44. The van der Waals surface area contributed by atoms with Gasteiger partial charge in [-0.05, 0) is 20.3 Å². The zero-order valence-corrected chi connectivity index (χ0v) is 11.5. The molecule has 1 aliphatic carbocycles. The van der Waals surface area contributed by atoms with E-state index < -0.39 is 28.9 Å². The fourth-order valence-corrected chi connectivity index (χ4v) is 4.10. The number of carbonyl (C=O) groups excluding carboxylic acids is 2. The lowest BCUT2D eigenvalue weighted by atomic mass is 9.47. The van der Waals surface area contributed by atoms with Gasteiger partial charge in [0.05, 0.1) is 12.7 Å². The average molecular weight is 270 g/mol. The number of methoxy groups -OCH3 is 2. The molecule has 2 saturated heterocycles. The Bertz CT molecular complexity index is 458. The Morgan fingerprint density at radius 2 is 2.05 bits per heavy atom. The maximum absolute atomic E-state index is 12.4. The van der Waals surface area contributed by atoms with Crippen LogP contribution in [0.2, 0.25) is 0 Å². The van der Waals surface area contributed by atoms with E-state index in [1.807, 2.05) is 13.8 Å². The second-order valence-electron chi connectivity index (χ2n) is 5.92. The molecule has 6 heteroatoms. The van der Waals surface area contributed by atoms with Gasteiger partial charge in [0, 0.05) is 18.9 Å². The number of Topliss-reactive ketones (excluding diaryl/α,β-unsaturated/α-hetero) is 1. The van der Waals surface area contributed by atoms with Crippen LogP contribution in [0, 0.1) is 17.3 Å². The Labute approximate surface area is 111 Å². The van der Waals surface area contributed by atoms with Gasteiger partial charge in [-0.15, -0.1) is 0 Å². The summed E-state index contributed by atoms with van der Waals surface area (Å²) in [7, 11) is 2.73. The molecule has 0 amide bonds. The number of hydrogen-bond donors (Lipinski definition) is 0. The summed E-state index contributed by atoms with van der Waals surface area (Å²) in [5.41, 5.74) is -1.78. The Morgan fingerprint density at radius 3 is 2.63 bits per heavy atom. The Morgan fingerprint density at radius 1 is 1.37 bits per heavy atom. The van der Waals surface area contributed by atoms with E-state index in [0.717, 1.165) is 0 Å². The van der Waals surface area contributed by atoms with E-state index in [1.54, 1.807) is 0 Å². The summed E-state index contributed by atoms with van der Waals surface area (Å²) in [6, 6.07) is 0. The molecule has 19 heavy (non-hydrogen) atoms. The van der Waals surface area contributed by atoms with Crippen LogP contribution in [0.25, 0.3) is 0 Å². The highest BCUT2D eigenvalue weighted by atomic mass is 16.9. The molecule has 3 aliphatic rings. The van der Waals surface area contributed by atoms with Crippen LogP contribution in [0.1, 0.15) is 20.3 Å². The lowest BCUT2D eigenvalue weighted by Crippen LogP contribution is -2.71. The van der Waals surface area contributed by atoms with Gasteiger partial charge < -0.3 is 18.9 Å². The third-order valence-electron chi connectivity index (χ3n) is 4.90. The third kappa shape index (κ3) is 1.18. The van der Waals surface area contributed by atoms with Gasteiger partial charge in [-0.3, -0.25) is 9.59 Å². The SMILES string of the molecule is COC(=O)[C@]12[C@@H]3C[C@H]1C(=O)CO[C@@]2(OC)OC3(C)C. The van der Waals surface area contributed by atoms with Crippen LogP contribution in [-0.2, 0) is 28.5 Å². The number of carbonyl (C=O) groups is 2. The van der Waals surface area contributed by atoms with E-state index in [0.29, 0.717) is 6.42 Å². The van der Waals surface area contributed by atoms with E-state index >= 15 is 0 Å². The molecule has 0 N–H and O–H groups in total. The number of rotatable bonds is 2. The number of ketones is 1. The minimum Gasteiger partial charge on any atom is -0.468 e. The zero-order valence-electron chi connectivity index (χ0n) is 11.5. The second-order valence-corrected chi connectivity index (χ2v) is 5.92. The van der Waals surface area contributed by atoms with Crippen LogP contribution in [-0.4, -0.2) is 44.2 Å². The standard InChI is InChI=1S/C13H18O6/c1-11(2)9-5-7-8(14)6-18-13(17-4,19-11)12(7,9)10(15)16-3/h7,9H,5-6H2,1-4H3/t7-,9+,12+,13+/m0/s1. The maximum atomic E-state index is 12.4. The third-order valence-corrected chi connectivity index (χ3v) is 4.90. The molecule has 0 aromatic heterocycles. The van der Waals surface area contributed by atoms with Crippen molar-refractivity contribution in [2.75, 3.05) is 20.8 Å². The van der Waals surface area contributed by atoms with E-state index in [2.05, 4.69) is 0 Å². The van der Waals surface area contributed by atoms with Crippen molar-refractivity contribution < 1.29 is 28.5 Å². The molecule has 3 fully saturated rings. The van der Waals surface area contributed by atoms with Crippen LogP contribution in [0.4, 0.5) is 0 Å². The van der Waals surface area contributed by atoms with Gasteiger partial charge in [0.1, 0.15) is 6.61 Å². The fourth-order valence-electron chi connectivity index (χ4n) is 4.10. The molecule has 0 bridgehead atoms. The van der Waals surface area contributed by atoms with Crippen LogP contribution in [0.3, 0.4) is 0 Å². The first-order chi connectivity index (χ1) is 8.85. The first-order valence-electron chi connectivity index (χ1n) is 6.36. The minimum atomic E-state index is -1.51. The number of hydrogen-bond acceptors (Lipinski definition) is 6. The molecule has 1 saturated carbocycles. The van der Waals surface area contributed by atoms with Crippen molar-refractivity contribution in [2.45, 2.75) is 31.8 Å². The van der Waals surface area contributed by atoms with Gasteiger partial charge in [0.25, 0.3) is 0 Å². The van der Waals surface area contributed by atoms with Crippen LogP contribution in [0.5, 0.6) is 0 Å². The van der Waals surface area contributed by atoms with Gasteiger partial charge in [-0.2, -0.15) is 0 Å². The smallest absolute Gasteiger partial charge is 0.321 e. The van der Waals surface area contributed by atoms with E-state index in [1.165, 1.54) is 14.2 Å². The Hall–Kier alpha value is -0.980. The van der Waals surface area contributed by atoms with Crippen LogP contribution >= 0.6 is 0 Å². The first kappa shape index (κ1) is 13.0. The summed E-state index contributed by atoms with van der Waals surface area (Å²) in [4.78, 5) is 24.4. The van der Waals surface area contributed by atoms with Crippen molar-refractivity contribution in [3.63, 3.8) is 0 Å². The molecule has 4 atom stereocenters. The number of esters is 1. The summed E-state index contributed by atoms with van der Waals surface area (Å²) in [5, 5.41) is 0. The number of ether oxygens (including phenoxy) is 4. The lowest BCUT2D eigenvalue weighted by molar-refractivity contribution is -0.417. The first-order valence-corrected chi connectivity index (χ1v) is 6.36. The summed E-state index contributed by atoms with van der Waals surface area (Å²) in [6.07, 6.45) is 0.607. The predicted octanol–water partition coefficient (Wildman–Crippen LogP) is 0.490. The largest absolute Gasteiger partial charge is 0.468 e. The molecule has 6 nitrogen and oxygen atoms in total. The predicted molar refractivity (Wildman–Crippen MR) is 61.9 cm³/mol. The molecule has 2 heterocycles. The van der Waals surface area contributed by atoms with Crippen molar-refractivity contribution >= 4 is 11.8 Å². The van der Waals surface area contributed by atoms with Crippen molar-refractivity contribution in [1.29, 1.82) is 0 Å². The molecule has 0 aromatic rings. The summed E-state index contributed by atoms with van der Waals surface area (Å²) in [6.45, 7) is 3.66. The van der Waals surface area contributed by atoms with Crippen LogP contribution in [0.15, 0.2) is 0 Å². The molecular formula is C13H18O6. The lowest BCUT2D eigenvalue weighted by Gasteiger charge is -2.56. The van der Waals surface area contributed by atoms with Crippen molar-refractivity contribution in [3.05, 3.63) is 0 Å².